The summed E-state index contributed by atoms with van der Waals surface area (Å²) < 4.78 is 41.3. The van der Waals surface area contributed by atoms with Gasteiger partial charge in [-0.1, -0.05) is 25.1 Å². The third kappa shape index (κ3) is 4.60. The fourth-order valence-corrected chi connectivity index (χ4v) is 2.75. The Hall–Kier alpha value is -2.34. The van der Waals surface area contributed by atoms with Gasteiger partial charge in [-0.3, -0.25) is 9.59 Å². The van der Waals surface area contributed by atoms with E-state index >= 15 is 0 Å². The molecule has 0 N–H and O–H groups in total. The summed E-state index contributed by atoms with van der Waals surface area (Å²) in [6.07, 6.45) is -4.32. The van der Waals surface area contributed by atoms with Gasteiger partial charge in [-0.25, -0.2) is 0 Å². The highest BCUT2D eigenvalue weighted by atomic mass is 35.5. The monoisotopic (exact) mass is 370 g/mol. The van der Waals surface area contributed by atoms with Gasteiger partial charge in [0.05, 0.1) is 0 Å². The van der Waals surface area contributed by atoms with Crippen LogP contribution in [0.5, 0.6) is 5.75 Å². The van der Waals surface area contributed by atoms with Gasteiger partial charge in [-0.15, -0.1) is 13.2 Å². The number of hydrogen-bond donors (Lipinski definition) is 0. The molecule has 0 bridgehead atoms. The Labute approximate surface area is 147 Å². The lowest BCUT2D eigenvalue weighted by atomic mass is 9.92. The van der Waals surface area contributed by atoms with Crippen LogP contribution in [0.15, 0.2) is 36.4 Å². The summed E-state index contributed by atoms with van der Waals surface area (Å²) >= 11 is 5.22. The molecular formula is C18H14ClF3O3. The summed E-state index contributed by atoms with van der Waals surface area (Å²) in [6.45, 7) is 3.45. The van der Waals surface area contributed by atoms with Gasteiger partial charge in [0, 0.05) is 5.56 Å². The SMILES string of the molecule is CCc1cc(OC(F)(F)F)cc(C)c1-c1cccc(C(=O)C(=O)Cl)c1. The van der Waals surface area contributed by atoms with Gasteiger partial charge < -0.3 is 4.74 Å². The van der Waals surface area contributed by atoms with Crippen molar-refractivity contribution in [3.8, 4) is 16.9 Å². The molecule has 0 amide bonds. The maximum atomic E-state index is 12.4. The molecule has 0 heterocycles. The van der Waals surface area contributed by atoms with Crippen LogP contribution in [0.25, 0.3) is 11.1 Å². The van der Waals surface area contributed by atoms with Gasteiger partial charge >= 0.3 is 6.36 Å². The number of carbonyl (C=O) groups is 2. The summed E-state index contributed by atoms with van der Waals surface area (Å²) in [4.78, 5) is 22.8. The number of halogens is 4. The summed E-state index contributed by atoms with van der Waals surface area (Å²) in [6, 6.07) is 8.84. The Balaban J connectivity index is 2.54. The molecule has 3 nitrogen and oxygen atoms in total. The predicted octanol–water partition coefficient (Wildman–Crippen LogP) is 5.07. The summed E-state index contributed by atoms with van der Waals surface area (Å²) in [5, 5.41) is -1.10. The molecule has 0 spiro atoms. The second-order valence-electron chi connectivity index (χ2n) is 5.36. The molecule has 2 rings (SSSR count). The lowest BCUT2D eigenvalue weighted by Gasteiger charge is -2.16. The second-order valence-corrected chi connectivity index (χ2v) is 5.70. The van der Waals surface area contributed by atoms with Crippen LogP contribution in [-0.2, 0) is 11.2 Å². The van der Waals surface area contributed by atoms with Crippen LogP contribution in [0.2, 0.25) is 0 Å². The molecule has 132 valence electrons. The molecule has 0 atom stereocenters. The lowest BCUT2D eigenvalue weighted by Crippen LogP contribution is -2.17. The highest BCUT2D eigenvalue weighted by molar-refractivity contribution is 6.83. The van der Waals surface area contributed by atoms with Gasteiger partial charge in [-0.2, -0.15) is 0 Å². The fraction of sp³-hybridized carbons (Fsp3) is 0.222. The van der Waals surface area contributed by atoms with Gasteiger partial charge in [0.15, 0.2) is 0 Å². The zero-order valence-electron chi connectivity index (χ0n) is 13.4. The first-order valence-electron chi connectivity index (χ1n) is 7.36. The van der Waals surface area contributed by atoms with E-state index in [0.29, 0.717) is 28.7 Å². The smallest absolute Gasteiger partial charge is 0.406 e. The molecule has 0 saturated heterocycles. The summed E-state index contributed by atoms with van der Waals surface area (Å²) in [7, 11) is 0. The van der Waals surface area contributed by atoms with E-state index in [0.717, 1.165) is 0 Å². The molecule has 0 fully saturated rings. The molecular weight excluding hydrogens is 357 g/mol. The van der Waals surface area contributed by atoms with Crippen molar-refractivity contribution < 1.29 is 27.5 Å². The van der Waals surface area contributed by atoms with Crippen LogP contribution in [-0.4, -0.2) is 17.4 Å². The van der Waals surface area contributed by atoms with E-state index in [4.69, 9.17) is 11.6 Å². The number of hydrogen-bond acceptors (Lipinski definition) is 3. The van der Waals surface area contributed by atoms with E-state index in [1.807, 2.05) is 0 Å². The van der Waals surface area contributed by atoms with Crippen molar-refractivity contribution in [1.82, 2.24) is 0 Å². The molecule has 25 heavy (non-hydrogen) atoms. The summed E-state index contributed by atoms with van der Waals surface area (Å²) in [5.74, 6) is -1.13. The van der Waals surface area contributed by atoms with E-state index < -0.39 is 17.4 Å². The van der Waals surface area contributed by atoms with Crippen molar-refractivity contribution in [3.05, 3.63) is 53.1 Å². The van der Waals surface area contributed by atoms with Crippen LogP contribution < -0.4 is 4.74 Å². The average Bonchev–Trinajstić information content (AvgIpc) is 2.51. The zero-order chi connectivity index (χ0) is 18.8. The van der Waals surface area contributed by atoms with Crippen molar-refractivity contribution >= 4 is 22.6 Å². The number of benzene rings is 2. The first kappa shape index (κ1) is 19.0. The highest BCUT2D eigenvalue weighted by Gasteiger charge is 2.31. The normalized spacial score (nSPS) is 11.3. The van der Waals surface area contributed by atoms with Gasteiger partial charge in [0.25, 0.3) is 5.24 Å². The van der Waals surface area contributed by atoms with Crippen molar-refractivity contribution in [2.24, 2.45) is 0 Å². The van der Waals surface area contributed by atoms with E-state index in [-0.39, 0.29) is 11.3 Å². The lowest BCUT2D eigenvalue weighted by molar-refractivity contribution is -0.274. The third-order valence-electron chi connectivity index (χ3n) is 3.60. The van der Waals surface area contributed by atoms with E-state index in [9.17, 15) is 22.8 Å². The first-order valence-corrected chi connectivity index (χ1v) is 7.74. The Morgan fingerprint density at radius 1 is 1.16 bits per heavy atom. The maximum Gasteiger partial charge on any atom is 0.573 e. The Morgan fingerprint density at radius 2 is 1.84 bits per heavy atom. The number of ketones is 1. The Kier molecular flexibility index (Phi) is 5.52. The summed E-state index contributed by atoms with van der Waals surface area (Å²) in [5.41, 5.74) is 2.60. The van der Waals surface area contributed by atoms with Gasteiger partial charge in [0.1, 0.15) is 5.75 Å². The van der Waals surface area contributed by atoms with Crippen LogP contribution in [0.4, 0.5) is 13.2 Å². The molecule has 2 aromatic carbocycles. The number of alkyl halides is 3. The van der Waals surface area contributed by atoms with Crippen LogP contribution in [0.3, 0.4) is 0 Å². The fourth-order valence-electron chi connectivity index (χ4n) is 2.64. The van der Waals surface area contributed by atoms with Crippen molar-refractivity contribution in [2.75, 3.05) is 0 Å². The molecule has 0 aromatic heterocycles. The highest BCUT2D eigenvalue weighted by Crippen LogP contribution is 2.34. The number of Topliss-reactive ketones (excluding diaryl/α,β-unsaturated/α-hetero) is 1. The topological polar surface area (TPSA) is 43.4 Å². The van der Waals surface area contributed by atoms with E-state index in [2.05, 4.69) is 4.74 Å². The molecule has 0 aliphatic heterocycles. The first-order chi connectivity index (χ1) is 11.6. The standard InChI is InChI=1S/C18H14ClF3O3/c1-3-11-9-14(25-18(20,21)22)7-10(2)15(11)12-5-4-6-13(8-12)16(23)17(19)24/h4-9H,3H2,1-2H3. The molecule has 0 aliphatic carbocycles. The second kappa shape index (κ2) is 7.27. The number of rotatable bonds is 5. The molecule has 0 aliphatic rings. The molecule has 2 aromatic rings. The van der Waals surface area contributed by atoms with Crippen molar-refractivity contribution in [1.29, 1.82) is 0 Å². The largest absolute Gasteiger partial charge is 0.573 e. The third-order valence-corrected chi connectivity index (χ3v) is 3.77. The predicted molar refractivity (Wildman–Crippen MR) is 87.9 cm³/mol. The Morgan fingerprint density at radius 3 is 2.40 bits per heavy atom. The quantitative estimate of drug-likeness (QED) is 0.419. The van der Waals surface area contributed by atoms with Gasteiger partial charge in [0.2, 0.25) is 5.78 Å². The van der Waals surface area contributed by atoms with Crippen molar-refractivity contribution in [2.45, 2.75) is 26.6 Å². The van der Waals surface area contributed by atoms with Gasteiger partial charge in [-0.05, 0) is 65.4 Å². The minimum atomic E-state index is -4.77. The minimum Gasteiger partial charge on any atom is -0.406 e. The van der Waals surface area contributed by atoms with Crippen molar-refractivity contribution in [3.63, 3.8) is 0 Å². The minimum absolute atomic E-state index is 0.120. The number of aryl methyl sites for hydroxylation is 2. The molecule has 0 saturated carbocycles. The zero-order valence-corrected chi connectivity index (χ0v) is 14.2. The number of carbonyl (C=O) groups excluding carboxylic acids is 2. The molecule has 7 heteroatoms. The average molecular weight is 371 g/mol. The van der Waals surface area contributed by atoms with E-state index in [1.54, 1.807) is 26.0 Å². The molecule has 0 unspecified atom stereocenters. The van der Waals surface area contributed by atoms with E-state index in [1.165, 1.54) is 24.3 Å². The van der Waals surface area contributed by atoms with Crippen LogP contribution in [0.1, 0.15) is 28.4 Å². The van der Waals surface area contributed by atoms with Crippen LogP contribution >= 0.6 is 11.6 Å². The molecule has 0 radical (unpaired) electrons. The number of ether oxygens (including phenoxy) is 1. The van der Waals surface area contributed by atoms with Crippen LogP contribution in [0, 0.1) is 6.92 Å². The maximum absolute atomic E-state index is 12.4. The Bertz CT molecular complexity index is 829.